The number of halogens is 3. The van der Waals surface area contributed by atoms with Gasteiger partial charge < -0.3 is 4.74 Å². The Hall–Kier alpha value is 0.330. The molecule has 0 unspecified atom stereocenters. The molecule has 2 atom stereocenters. The molecule has 0 radical (unpaired) electrons. The lowest BCUT2D eigenvalue weighted by molar-refractivity contribution is -0.147. The first-order valence-corrected chi connectivity index (χ1v) is 6.44. The summed E-state index contributed by atoms with van der Waals surface area (Å²) >= 11 is 11.4. The lowest BCUT2D eigenvalue weighted by atomic mass is 9.97. The summed E-state index contributed by atoms with van der Waals surface area (Å²) in [7, 11) is 0. The predicted octanol–water partition coefficient (Wildman–Crippen LogP) is 3.65. The molecule has 0 aromatic carbocycles. The molecule has 15 heavy (non-hydrogen) atoms. The maximum atomic E-state index is 13.0. The minimum absolute atomic E-state index is 0.150. The van der Waals surface area contributed by atoms with E-state index < -0.39 is 3.92 Å². The fraction of sp³-hybridized carbons (Fsp3) is 0.889. The van der Waals surface area contributed by atoms with Gasteiger partial charge in [0.1, 0.15) is 6.10 Å². The highest BCUT2D eigenvalue weighted by Gasteiger charge is 2.36. The monoisotopic (exact) mass is 274 g/mol. The molecule has 1 saturated carbocycles. The molecule has 88 valence electrons. The molecule has 0 spiro atoms. The van der Waals surface area contributed by atoms with Crippen molar-refractivity contribution in [2.75, 3.05) is 0 Å². The van der Waals surface area contributed by atoms with E-state index in [2.05, 4.69) is 0 Å². The van der Waals surface area contributed by atoms with Gasteiger partial charge in [-0.05, 0) is 19.3 Å². The van der Waals surface area contributed by atoms with Gasteiger partial charge in [-0.15, -0.1) is 0 Å². The number of hydrogen-bond donors (Lipinski definition) is 0. The molecule has 1 fully saturated rings. The third-order valence-electron chi connectivity index (χ3n) is 2.24. The van der Waals surface area contributed by atoms with Crippen LogP contribution in [0.3, 0.4) is 0 Å². The second-order valence-corrected chi connectivity index (χ2v) is 6.62. The topological polar surface area (TPSA) is 26.3 Å². The Balaban J connectivity index is 2.53. The maximum absolute atomic E-state index is 13.0. The van der Waals surface area contributed by atoms with Crippen LogP contribution in [0.5, 0.6) is 0 Å². The van der Waals surface area contributed by atoms with Gasteiger partial charge in [0.2, 0.25) is 0 Å². The number of hydrogen-bond acceptors (Lipinski definition) is 3. The van der Waals surface area contributed by atoms with Gasteiger partial charge in [0, 0.05) is 12.2 Å². The Kier molecular flexibility index (Phi) is 5.00. The van der Waals surface area contributed by atoms with Gasteiger partial charge in [0.15, 0.2) is 0 Å². The number of carbonyl (C=O) groups is 1. The van der Waals surface area contributed by atoms with E-state index in [1.54, 1.807) is 0 Å². The average Bonchev–Trinajstić information content (AvgIpc) is 2.05. The number of esters is 1. The molecule has 1 aliphatic carbocycles. The lowest BCUT2D eigenvalue weighted by Crippen LogP contribution is -2.33. The first-order chi connectivity index (χ1) is 6.88. The lowest BCUT2D eigenvalue weighted by Gasteiger charge is -2.31. The van der Waals surface area contributed by atoms with Gasteiger partial charge >= 0.3 is 9.89 Å². The summed E-state index contributed by atoms with van der Waals surface area (Å²) < 4.78 is 15.8. The molecule has 0 aliphatic heterocycles. The largest absolute Gasteiger partial charge is 0.461 e. The van der Waals surface area contributed by atoms with Crippen LogP contribution >= 0.6 is 35.0 Å². The highest BCUT2D eigenvalue weighted by molar-refractivity contribution is 8.03. The highest BCUT2D eigenvalue weighted by Crippen LogP contribution is 2.44. The SMILES string of the molecule is CC(=O)O[C@@H]1CCCC[C@H]1SC(F)(Cl)Cl. The number of rotatable bonds is 3. The van der Waals surface area contributed by atoms with Crippen LogP contribution in [0.25, 0.3) is 0 Å². The predicted molar refractivity (Wildman–Crippen MR) is 60.9 cm³/mol. The zero-order valence-corrected chi connectivity index (χ0v) is 10.7. The van der Waals surface area contributed by atoms with Gasteiger partial charge in [-0.1, -0.05) is 41.4 Å². The second kappa shape index (κ2) is 5.60. The molecule has 0 aromatic rings. The first kappa shape index (κ1) is 13.4. The summed E-state index contributed by atoms with van der Waals surface area (Å²) in [5, 5.41) is -0.150. The molecule has 0 saturated heterocycles. The smallest absolute Gasteiger partial charge is 0.305 e. The molecular formula is C9H13Cl2FO2S. The van der Waals surface area contributed by atoms with Crippen LogP contribution in [0, 0.1) is 0 Å². The van der Waals surface area contributed by atoms with Gasteiger partial charge in [0.05, 0.1) is 0 Å². The summed E-state index contributed by atoms with van der Waals surface area (Å²) in [6.07, 6.45) is 3.22. The maximum Gasteiger partial charge on any atom is 0.305 e. The third-order valence-corrected chi connectivity index (χ3v) is 3.89. The molecule has 2 nitrogen and oxygen atoms in total. The Morgan fingerprint density at radius 3 is 2.60 bits per heavy atom. The van der Waals surface area contributed by atoms with Gasteiger partial charge in [0.25, 0.3) is 0 Å². The highest BCUT2D eigenvalue weighted by atomic mass is 35.5. The zero-order valence-electron chi connectivity index (χ0n) is 8.34. The van der Waals surface area contributed by atoms with E-state index in [4.69, 9.17) is 27.9 Å². The Morgan fingerprint density at radius 1 is 1.47 bits per heavy atom. The molecule has 0 N–H and O–H groups in total. The van der Waals surface area contributed by atoms with Crippen LogP contribution in [0.15, 0.2) is 0 Å². The van der Waals surface area contributed by atoms with E-state index in [1.807, 2.05) is 0 Å². The Morgan fingerprint density at radius 2 is 2.07 bits per heavy atom. The molecule has 0 bridgehead atoms. The summed E-state index contributed by atoms with van der Waals surface area (Å²) in [4.78, 5) is 10.8. The van der Waals surface area contributed by atoms with Crippen LogP contribution < -0.4 is 0 Å². The molecule has 1 rings (SSSR count). The van der Waals surface area contributed by atoms with E-state index in [0.717, 1.165) is 37.4 Å². The molecule has 6 heteroatoms. The quantitative estimate of drug-likeness (QED) is 0.581. The molecular weight excluding hydrogens is 262 g/mol. The van der Waals surface area contributed by atoms with Crippen molar-refractivity contribution in [2.24, 2.45) is 0 Å². The Bertz CT molecular complexity index is 233. The van der Waals surface area contributed by atoms with E-state index in [9.17, 15) is 9.18 Å². The van der Waals surface area contributed by atoms with Gasteiger partial charge in [-0.3, -0.25) is 4.79 Å². The minimum atomic E-state index is -2.31. The van der Waals surface area contributed by atoms with Gasteiger partial charge in [-0.25, -0.2) is 0 Å². The van der Waals surface area contributed by atoms with E-state index >= 15 is 0 Å². The first-order valence-electron chi connectivity index (χ1n) is 4.80. The number of carbonyl (C=O) groups excluding carboxylic acids is 1. The van der Waals surface area contributed by atoms with E-state index in [-0.39, 0.29) is 17.3 Å². The van der Waals surface area contributed by atoms with Crippen molar-refractivity contribution in [3.63, 3.8) is 0 Å². The fourth-order valence-corrected chi connectivity index (χ4v) is 3.38. The fourth-order valence-electron chi connectivity index (χ4n) is 1.72. The van der Waals surface area contributed by atoms with Crippen molar-refractivity contribution in [3.05, 3.63) is 0 Å². The minimum Gasteiger partial charge on any atom is -0.461 e. The van der Waals surface area contributed by atoms with Crippen molar-refractivity contribution in [3.8, 4) is 0 Å². The van der Waals surface area contributed by atoms with Crippen LogP contribution in [-0.4, -0.2) is 21.2 Å². The van der Waals surface area contributed by atoms with Gasteiger partial charge in [-0.2, -0.15) is 4.39 Å². The number of thioether (sulfide) groups is 1. The van der Waals surface area contributed by atoms with Crippen molar-refractivity contribution < 1.29 is 13.9 Å². The number of alkyl halides is 3. The summed E-state index contributed by atoms with van der Waals surface area (Å²) in [6.45, 7) is 1.35. The summed E-state index contributed by atoms with van der Waals surface area (Å²) in [5.74, 6) is -0.346. The standard InChI is InChI=1S/C9H13Cl2FO2S/c1-6(13)14-7-4-2-3-5-8(7)15-9(10,11)12/h7-8H,2-5H2,1H3/t7-,8-/m1/s1. The molecule has 0 heterocycles. The average molecular weight is 275 g/mol. The summed E-state index contributed by atoms with van der Waals surface area (Å²) in [6, 6.07) is 0. The van der Waals surface area contributed by atoms with Crippen LogP contribution in [0.2, 0.25) is 0 Å². The molecule has 0 aromatic heterocycles. The van der Waals surface area contributed by atoms with Crippen LogP contribution in [0.1, 0.15) is 32.6 Å². The number of ether oxygens (including phenoxy) is 1. The van der Waals surface area contributed by atoms with Crippen molar-refractivity contribution in [2.45, 2.75) is 47.9 Å². The van der Waals surface area contributed by atoms with Crippen LogP contribution in [0.4, 0.5) is 4.39 Å². The van der Waals surface area contributed by atoms with Crippen molar-refractivity contribution in [1.29, 1.82) is 0 Å². The third kappa shape index (κ3) is 5.27. The van der Waals surface area contributed by atoms with Crippen LogP contribution in [-0.2, 0) is 9.53 Å². The zero-order chi connectivity index (χ0) is 11.5. The van der Waals surface area contributed by atoms with Crippen molar-refractivity contribution >= 4 is 40.9 Å². The molecule has 0 amide bonds. The summed E-state index contributed by atoms with van der Waals surface area (Å²) in [5.41, 5.74) is 0. The normalized spacial score (nSPS) is 27.5. The van der Waals surface area contributed by atoms with E-state index in [1.165, 1.54) is 6.92 Å². The second-order valence-electron chi connectivity index (χ2n) is 3.53. The van der Waals surface area contributed by atoms with E-state index in [0.29, 0.717) is 0 Å². The van der Waals surface area contributed by atoms with Crippen molar-refractivity contribution in [1.82, 2.24) is 0 Å². The molecule has 1 aliphatic rings. The Labute approximate surface area is 103 Å².